The first-order valence-corrected chi connectivity index (χ1v) is 5.08. The molecular formula is C12H14O2. The number of phenols is 1. The maximum atomic E-state index is 11.8. The summed E-state index contributed by atoms with van der Waals surface area (Å²) in [7, 11) is 0. The topological polar surface area (TPSA) is 37.3 Å². The third-order valence-corrected chi connectivity index (χ3v) is 2.68. The smallest absolute Gasteiger partial charge is 0.166 e. The van der Waals surface area contributed by atoms with Gasteiger partial charge in [0, 0.05) is 11.5 Å². The molecule has 0 heterocycles. The molecule has 0 saturated heterocycles. The lowest BCUT2D eigenvalue weighted by Gasteiger charge is -2.06. The Morgan fingerprint density at radius 3 is 2.79 bits per heavy atom. The fraction of sp³-hybridized carbons (Fsp3) is 0.417. The van der Waals surface area contributed by atoms with Crippen molar-refractivity contribution >= 4 is 5.78 Å². The van der Waals surface area contributed by atoms with Crippen molar-refractivity contribution in [2.24, 2.45) is 5.92 Å². The average molecular weight is 190 g/mol. The lowest BCUT2D eigenvalue weighted by Crippen LogP contribution is -2.04. The van der Waals surface area contributed by atoms with Crippen LogP contribution in [0.15, 0.2) is 18.2 Å². The molecule has 1 aliphatic carbocycles. The van der Waals surface area contributed by atoms with E-state index in [4.69, 9.17) is 0 Å². The Morgan fingerprint density at radius 1 is 1.50 bits per heavy atom. The average Bonchev–Trinajstić information content (AvgIpc) is 3.00. The zero-order valence-corrected chi connectivity index (χ0v) is 8.29. The van der Waals surface area contributed by atoms with E-state index in [1.165, 1.54) is 0 Å². The number of hydrogen-bond acceptors (Lipinski definition) is 2. The Balaban J connectivity index is 2.35. The molecule has 0 unspecified atom stereocenters. The van der Waals surface area contributed by atoms with Gasteiger partial charge in [-0.3, -0.25) is 4.79 Å². The summed E-state index contributed by atoms with van der Waals surface area (Å²) in [6.45, 7) is 2.00. The van der Waals surface area contributed by atoms with Gasteiger partial charge < -0.3 is 5.11 Å². The summed E-state index contributed by atoms with van der Waals surface area (Å²) in [4.78, 5) is 11.8. The molecule has 1 N–H and O–H groups in total. The quantitative estimate of drug-likeness (QED) is 0.744. The highest BCUT2D eigenvalue weighted by atomic mass is 16.3. The molecule has 2 rings (SSSR count). The summed E-state index contributed by atoms with van der Waals surface area (Å²) < 4.78 is 0. The minimum atomic E-state index is 0.245. The second-order valence-corrected chi connectivity index (χ2v) is 3.83. The number of aromatic hydroxyl groups is 1. The van der Waals surface area contributed by atoms with Crippen LogP contribution in [-0.4, -0.2) is 10.9 Å². The Hall–Kier alpha value is -1.31. The van der Waals surface area contributed by atoms with Gasteiger partial charge in [0.2, 0.25) is 0 Å². The molecule has 0 radical (unpaired) electrons. The van der Waals surface area contributed by atoms with E-state index in [9.17, 15) is 9.90 Å². The van der Waals surface area contributed by atoms with Gasteiger partial charge in [0.05, 0.1) is 0 Å². The van der Waals surface area contributed by atoms with Gasteiger partial charge in [-0.05, 0) is 43.0 Å². The van der Waals surface area contributed by atoms with Gasteiger partial charge in [-0.2, -0.15) is 0 Å². The van der Waals surface area contributed by atoms with Crippen molar-refractivity contribution in [3.05, 3.63) is 29.3 Å². The SMILES string of the molecule is CCc1cc(O)ccc1C(=O)C1CC1. The molecule has 1 aliphatic rings. The molecule has 1 aromatic carbocycles. The van der Waals surface area contributed by atoms with Crippen LogP contribution in [0.25, 0.3) is 0 Å². The molecule has 0 bridgehead atoms. The van der Waals surface area contributed by atoms with Gasteiger partial charge in [-0.1, -0.05) is 6.92 Å². The van der Waals surface area contributed by atoms with Gasteiger partial charge in [0.1, 0.15) is 5.75 Å². The minimum absolute atomic E-state index is 0.245. The minimum Gasteiger partial charge on any atom is -0.508 e. The normalized spacial score (nSPS) is 15.5. The number of Topliss-reactive ketones (excluding diaryl/α,β-unsaturated/α-hetero) is 1. The number of rotatable bonds is 3. The largest absolute Gasteiger partial charge is 0.508 e. The monoisotopic (exact) mass is 190 g/mol. The molecule has 14 heavy (non-hydrogen) atoms. The second-order valence-electron chi connectivity index (χ2n) is 3.83. The van der Waals surface area contributed by atoms with Crippen LogP contribution >= 0.6 is 0 Å². The fourth-order valence-corrected chi connectivity index (χ4v) is 1.68. The summed E-state index contributed by atoms with van der Waals surface area (Å²) in [5.41, 5.74) is 1.76. The number of hydrogen-bond donors (Lipinski definition) is 1. The van der Waals surface area contributed by atoms with Gasteiger partial charge in [0.15, 0.2) is 5.78 Å². The third kappa shape index (κ3) is 1.65. The Bertz CT molecular complexity index is 365. The van der Waals surface area contributed by atoms with Gasteiger partial charge in [0.25, 0.3) is 0 Å². The van der Waals surface area contributed by atoms with Crippen LogP contribution in [0.1, 0.15) is 35.7 Å². The number of phenolic OH excluding ortho intramolecular Hbond substituents is 1. The van der Waals surface area contributed by atoms with Crippen molar-refractivity contribution < 1.29 is 9.90 Å². The first kappa shape index (κ1) is 9.25. The van der Waals surface area contributed by atoms with Gasteiger partial charge in [-0.15, -0.1) is 0 Å². The Kier molecular flexibility index (Phi) is 2.28. The van der Waals surface area contributed by atoms with Crippen LogP contribution < -0.4 is 0 Å². The lowest BCUT2D eigenvalue weighted by molar-refractivity contribution is 0.0967. The van der Waals surface area contributed by atoms with Crippen molar-refractivity contribution in [3.8, 4) is 5.75 Å². The molecule has 1 fully saturated rings. The molecule has 2 nitrogen and oxygen atoms in total. The standard InChI is InChI=1S/C12H14O2/c1-2-8-7-10(13)5-6-11(8)12(14)9-3-4-9/h5-7,9,13H,2-4H2,1H3. The van der Waals surface area contributed by atoms with Crippen LogP contribution in [0, 0.1) is 5.92 Å². The molecule has 2 heteroatoms. The maximum Gasteiger partial charge on any atom is 0.166 e. The van der Waals surface area contributed by atoms with E-state index in [0.717, 1.165) is 30.4 Å². The molecule has 0 aliphatic heterocycles. The summed E-state index contributed by atoms with van der Waals surface area (Å²) in [6.07, 6.45) is 2.86. The zero-order chi connectivity index (χ0) is 10.1. The van der Waals surface area contributed by atoms with Gasteiger partial charge >= 0.3 is 0 Å². The van der Waals surface area contributed by atoms with E-state index in [0.29, 0.717) is 0 Å². The van der Waals surface area contributed by atoms with Crippen LogP contribution in [0.3, 0.4) is 0 Å². The highest BCUT2D eigenvalue weighted by Crippen LogP contribution is 2.34. The van der Waals surface area contributed by atoms with Crippen molar-refractivity contribution in [1.29, 1.82) is 0 Å². The summed E-state index contributed by atoms with van der Waals surface area (Å²) >= 11 is 0. The predicted octanol–water partition coefficient (Wildman–Crippen LogP) is 2.55. The van der Waals surface area contributed by atoms with Gasteiger partial charge in [-0.25, -0.2) is 0 Å². The van der Waals surface area contributed by atoms with E-state index in [1.54, 1.807) is 18.2 Å². The molecular weight excluding hydrogens is 176 g/mol. The molecule has 0 atom stereocenters. The number of ketones is 1. The fourth-order valence-electron chi connectivity index (χ4n) is 1.68. The molecule has 1 aromatic rings. The van der Waals surface area contributed by atoms with Crippen LogP contribution in [0.4, 0.5) is 0 Å². The van der Waals surface area contributed by atoms with Crippen molar-refractivity contribution in [2.45, 2.75) is 26.2 Å². The highest BCUT2D eigenvalue weighted by Gasteiger charge is 2.31. The van der Waals surface area contributed by atoms with E-state index in [2.05, 4.69) is 0 Å². The van der Waals surface area contributed by atoms with Crippen molar-refractivity contribution in [2.75, 3.05) is 0 Å². The number of aryl methyl sites for hydroxylation is 1. The number of carbonyl (C=O) groups excluding carboxylic acids is 1. The third-order valence-electron chi connectivity index (χ3n) is 2.68. The first-order valence-electron chi connectivity index (χ1n) is 5.08. The summed E-state index contributed by atoms with van der Waals surface area (Å²) in [5.74, 6) is 0.751. The first-order chi connectivity index (χ1) is 6.72. The molecule has 0 spiro atoms. The Labute approximate surface area is 83.6 Å². The van der Waals surface area contributed by atoms with E-state index in [1.807, 2.05) is 6.92 Å². The van der Waals surface area contributed by atoms with Crippen LogP contribution in [-0.2, 0) is 6.42 Å². The Morgan fingerprint density at radius 2 is 2.21 bits per heavy atom. The highest BCUT2D eigenvalue weighted by molar-refractivity contribution is 6.00. The second kappa shape index (κ2) is 3.45. The van der Waals surface area contributed by atoms with Crippen LogP contribution in [0.5, 0.6) is 5.75 Å². The van der Waals surface area contributed by atoms with Crippen LogP contribution in [0.2, 0.25) is 0 Å². The molecule has 74 valence electrons. The van der Waals surface area contributed by atoms with E-state index < -0.39 is 0 Å². The zero-order valence-electron chi connectivity index (χ0n) is 8.29. The van der Waals surface area contributed by atoms with E-state index in [-0.39, 0.29) is 17.5 Å². The van der Waals surface area contributed by atoms with E-state index >= 15 is 0 Å². The predicted molar refractivity (Wildman–Crippen MR) is 54.5 cm³/mol. The lowest BCUT2D eigenvalue weighted by atomic mass is 9.99. The molecule has 1 saturated carbocycles. The summed E-state index contributed by atoms with van der Waals surface area (Å²) in [6, 6.07) is 5.03. The van der Waals surface area contributed by atoms with Crippen molar-refractivity contribution in [1.82, 2.24) is 0 Å². The number of carbonyl (C=O) groups is 1. The molecule has 0 aromatic heterocycles. The number of benzene rings is 1. The summed E-state index contributed by atoms with van der Waals surface area (Å²) in [5, 5.41) is 9.29. The maximum absolute atomic E-state index is 11.8. The van der Waals surface area contributed by atoms with Crippen molar-refractivity contribution in [3.63, 3.8) is 0 Å². The molecule has 0 amide bonds.